The summed E-state index contributed by atoms with van der Waals surface area (Å²) in [4.78, 5) is 17.2. The highest BCUT2D eigenvalue weighted by molar-refractivity contribution is 9.11. The van der Waals surface area contributed by atoms with Crippen molar-refractivity contribution < 1.29 is 9.53 Å². The van der Waals surface area contributed by atoms with Crippen LogP contribution in [0.4, 0.5) is 0 Å². The van der Waals surface area contributed by atoms with E-state index in [0.29, 0.717) is 12.4 Å². The summed E-state index contributed by atoms with van der Waals surface area (Å²) >= 11 is 4.99. The van der Waals surface area contributed by atoms with E-state index in [1.165, 1.54) is 12.8 Å². The van der Waals surface area contributed by atoms with Gasteiger partial charge in [0.1, 0.15) is 6.10 Å². The highest BCUT2D eigenvalue weighted by Gasteiger charge is 2.16. The van der Waals surface area contributed by atoms with Crippen molar-refractivity contribution in [1.82, 2.24) is 10.3 Å². The second kappa shape index (κ2) is 8.44. The molecule has 126 valence electrons. The van der Waals surface area contributed by atoms with Gasteiger partial charge in [-0.3, -0.25) is 4.79 Å². The monoisotopic (exact) mass is 406 g/mol. The Kier molecular flexibility index (Phi) is 6.04. The molecule has 0 unspecified atom stereocenters. The van der Waals surface area contributed by atoms with Crippen molar-refractivity contribution in [2.24, 2.45) is 0 Å². The number of carbonyl (C=O) groups excluding carboxylic acids is 1. The molecule has 1 saturated carbocycles. The second-order valence-electron chi connectivity index (χ2n) is 5.72. The summed E-state index contributed by atoms with van der Waals surface area (Å²) in [6, 6.07) is 7.72. The van der Waals surface area contributed by atoms with Crippen LogP contribution in [-0.4, -0.2) is 17.0 Å². The third kappa shape index (κ3) is 5.18. The standard InChI is InChI=1S/C18H19BrN2O2S/c19-16-7-5-15(24-16)6-8-17(22)21-12-13-9-10-20-18(11-13)23-14-3-1-2-4-14/h5-11,14H,1-4,12H2,(H,21,22)/b8-6+. The van der Waals surface area contributed by atoms with Gasteiger partial charge in [0.25, 0.3) is 0 Å². The van der Waals surface area contributed by atoms with Crippen LogP contribution in [0.15, 0.2) is 40.3 Å². The van der Waals surface area contributed by atoms with E-state index < -0.39 is 0 Å². The Morgan fingerprint density at radius 1 is 1.38 bits per heavy atom. The minimum absolute atomic E-state index is 0.116. The van der Waals surface area contributed by atoms with Crippen molar-refractivity contribution >= 4 is 39.2 Å². The number of nitrogens with zero attached hydrogens (tertiary/aromatic N) is 1. The maximum atomic E-state index is 11.9. The van der Waals surface area contributed by atoms with Gasteiger partial charge in [0.15, 0.2) is 0 Å². The Morgan fingerprint density at radius 3 is 2.96 bits per heavy atom. The van der Waals surface area contributed by atoms with Gasteiger partial charge in [-0.15, -0.1) is 11.3 Å². The number of amides is 1. The zero-order chi connectivity index (χ0) is 16.8. The smallest absolute Gasteiger partial charge is 0.244 e. The SMILES string of the molecule is O=C(/C=C/c1ccc(Br)s1)NCc1ccnc(OC2CCCC2)c1. The number of hydrogen-bond acceptors (Lipinski definition) is 4. The summed E-state index contributed by atoms with van der Waals surface area (Å²) in [7, 11) is 0. The average Bonchev–Trinajstić information content (AvgIpc) is 3.23. The van der Waals surface area contributed by atoms with Gasteiger partial charge in [0.05, 0.1) is 3.79 Å². The maximum absolute atomic E-state index is 11.9. The lowest BCUT2D eigenvalue weighted by Crippen LogP contribution is -2.20. The summed E-state index contributed by atoms with van der Waals surface area (Å²) < 4.78 is 6.94. The lowest BCUT2D eigenvalue weighted by Gasteiger charge is -2.12. The highest BCUT2D eigenvalue weighted by Crippen LogP contribution is 2.24. The molecule has 6 heteroatoms. The molecule has 1 aliphatic rings. The molecule has 1 fully saturated rings. The van der Waals surface area contributed by atoms with Crippen LogP contribution in [0.1, 0.15) is 36.1 Å². The summed E-state index contributed by atoms with van der Waals surface area (Å²) in [5.41, 5.74) is 0.985. The van der Waals surface area contributed by atoms with Crippen molar-refractivity contribution in [3.05, 3.63) is 50.8 Å². The van der Waals surface area contributed by atoms with Gasteiger partial charge < -0.3 is 10.1 Å². The number of rotatable bonds is 6. The predicted molar refractivity (Wildman–Crippen MR) is 100 cm³/mol. The largest absolute Gasteiger partial charge is 0.474 e. The molecule has 2 heterocycles. The molecule has 0 atom stereocenters. The first kappa shape index (κ1) is 17.2. The summed E-state index contributed by atoms with van der Waals surface area (Å²) in [6.07, 6.45) is 10.0. The second-order valence-corrected chi connectivity index (χ2v) is 8.21. The number of aromatic nitrogens is 1. The zero-order valence-corrected chi connectivity index (χ0v) is 15.6. The van der Waals surface area contributed by atoms with Gasteiger partial charge in [0.2, 0.25) is 11.8 Å². The normalized spacial score (nSPS) is 15.0. The molecule has 0 bridgehead atoms. The van der Waals surface area contributed by atoms with Gasteiger partial charge >= 0.3 is 0 Å². The van der Waals surface area contributed by atoms with Crippen LogP contribution in [0, 0.1) is 0 Å². The number of thiophene rings is 1. The van der Waals surface area contributed by atoms with Crippen LogP contribution in [0.5, 0.6) is 5.88 Å². The Hall–Kier alpha value is -1.66. The molecule has 0 aliphatic heterocycles. The van der Waals surface area contributed by atoms with E-state index in [0.717, 1.165) is 27.1 Å². The van der Waals surface area contributed by atoms with Crippen molar-refractivity contribution in [2.45, 2.75) is 38.3 Å². The number of ether oxygens (including phenoxy) is 1. The topological polar surface area (TPSA) is 51.2 Å². The Bertz CT molecular complexity index is 723. The highest BCUT2D eigenvalue weighted by atomic mass is 79.9. The minimum Gasteiger partial charge on any atom is -0.474 e. The van der Waals surface area contributed by atoms with Gasteiger partial charge in [-0.05, 0) is 71.5 Å². The molecule has 0 radical (unpaired) electrons. The molecule has 3 rings (SSSR count). The van der Waals surface area contributed by atoms with Crippen molar-refractivity contribution in [2.75, 3.05) is 0 Å². The molecule has 4 nitrogen and oxygen atoms in total. The summed E-state index contributed by atoms with van der Waals surface area (Å²) in [5.74, 6) is 0.530. The van der Waals surface area contributed by atoms with Crippen molar-refractivity contribution in [3.8, 4) is 5.88 Å². The number of halogens is 1. The van der Waals surface area contributed by atoms with E-state index in [1.807, 2.05) is 30.3 Å². The molecule has 2 aromatic heterocycles. The van der Waals surface area contributed by atoms with Gasteiger partial charge in [-0.2, -0.15) is 0 Å². The number of nitrogens with one attached hydrogen (secondary N) is 1. The molecule has 2 aromatic rings. The van der Waals surface area contributed by atoms with Crippen LogP contribution < -0.4 is 10.1 Å². The van der Waals surface area contributed by atoms with E-state index >= 15 is 0 Å². The van der Waals surface area contributed by atoms with Crippen LogP contribution in [0.25, 0.3) is 6.08 Å². The van der Waals surface area contributed by atoms with E-state index in [-0.39, 0.29) is 12.0 Å². The molecule has 1 aliphatic carbocycles. The predicted octanol–water partition coefficient (Wildman–Crippen LogP) is 4.56. The first-order valence-corrected chi connectivity index (χ1v) is 9.63. The molecular weight excluding hydrogens is 388 g/mol. The Labute approximate surface area is 154 Å². The fourth-order valence-electron chi connectivity index (χ4n) is 2.63. The van der Waals surface area contributed by atoms with E-state index in [2.05, 4.69) is 26.2 Å². The summed E-state index contributed by atoms with van der Waals surface area (Å²) in [6.45, 7) is 0.459. The molecule has 0 aromatic carbocycles. The number of pyridine rings is 1. The minimum atomic E-state index is -0.116. The van der Waals surface area contributed by atoms with Crippen molar-refractivity contribution in [1.29, 1.82) is 0 Å². The lowest BCUT2D eigenvalue weighted by atomic mass is 10.2. The van der Waals surface area contributed by atoms with Gasteiger partial charge in [-0.1, -0.05) is 0 Å². The lowest BCUT2D eigenvalue weighted by molar-refractivity contribution is -0.116. The molecular formula is C18H19BrN2O2S. The number of hydrogen-bond donors (Lipinski definition) is 1. The maximum Gasteiger partial charge on any atom is 0.244 e. The van der Waals surface area contributed by atoms with E-state index in [9.17, 15) is 4.79 Å². The van der Waals surface area contributed by atoms with Crippen LogP contribution >= 0.6 is 27.3 Å². The Morgan fingerprint density at radius 2 is 2.21 bits per heavy atom. The van der Waals surface area contributed by atoms with Crippen LogP contribution in [-0.2, 0) is 11.3 Å². The molecule has 0 saturated heterocycles. The first-order chi connectivity index (χ1) is 11.7. The summed E-state index contributed by atoms with van der Waals surface area (Å²) in [5, 5.41) is 2.88. The van der Waals surface area contributed by atoms with Crippen LogP contribution in [0.3, 0.4) is 0 Å². The average molecular weight is 407 g/mol. The third-order valence-corrected chi connectivity index (χ3v) is 5.44. The van der Waals surface area contributed by atoms with Crippen molar-refractivity contribution in [3.63, 3.8) is 0 Å². The molecule has 1 N–H and O–H groups in total. The molecule has 0 spiro atoms. The van der Waals surface area contributed by atoms with Gasteiger partial charge in [0, 0.05) is 29.8 Å². The van der Waals surface area contributed by atoms with Crippen LogP contribution in [0.2, 0.25) is 0 Å². The Balaban J connectivity index is 1.50. The quantitative estimate of drug-likeness (QED) is 0.715. The first-order valence-electron chi connectivity index (χ1n) is 8.02. The van der Waals surface area contributed by atoms with E-state index in [1.54, 1.807) is 23.6 Å². The number of carbonyl (C=O) groups is 1. The molecule has 24 heavy (non-hydrogen) atoms. The van der Waals surface area contributed by atoms with E-state index in [4.69, 9.17) is 4.74 Å². The third-order valence-electron chi connectivity index (χ3n) is 3.85. The molecule has 1 amide bonds. The fraction of sp³-hybridized carbons (Fsp3) is 0.333. The zero-order valence-electron chi connectivity index (χ0n) is 13.2. The van der Waals surface area contributed by atoms with Gasteiger partial charge in [-0.25, -0.2) is 4.98 Å². The fourth-order valence-corrected chi connectivity index (χ4v) is 3.95.